The van der Waals surface area contributed by atoms with E-state index < -0.39 is 12.1 Å². The van der Waals surface area contributed by atoms with Crippen LogP contribution in [0.4, 0.5) is 0 Å². The molecule has 8 heteroatoms. The van der Waals surface area contributed by atoms with Crippen molar-refractivity contribution < 1.29 is 24.2 Å². The van der Waals surface area contributed by atoms with Gasteiger partial charge in [-0.2, -0.15) is 0 Å². The van der Waals surface area contributed by atoms with Crippen molar-refractivity contribution in [2.45, 2.75) is 17.1 Å². The van der Waals surface area contributed by atoms with Crippen LogP contribution in [-0.4, -0.2) is 65.8 Å². The van der Waals surface area contributed by atoms with E-state index in [1.165, 1.54) is 28.4 Å². The summed E-state index contributed by atoms with van der Waals surface area (Å²) < 4.78 is 11.2. The fourth-order valence-electron chi connectivity index (χ4n) is 2.66. The lowest BCUT2D eigenvalue weighted by Gasteiger charge is -2.30. The molecule has 2 aliphatic rings. The van der Waals surface area contributed by atoms with Crippen molar-refractivity contribution >= 4 is 35.4 Å². The van der Waals surface area contributed by atoms with Gasteiger partial charge in [0.25, 0.3) is 5.91 Å². The van der Waals surface area contributed by atoms with Gasteiger partial charge in [-0.25, -0.2) is 4.79 Å². The van der Waals surface area contributed by atoms with Crippen LogP contribution in [0, 0.1) is 0 Å². The summed E-state index contributed by atoms with van der Waals surface area (Å²) in [6.07, 6.45) is 0.307. The predicted octanol–water partition coefficient (Wildman–Crippen LogP) is 2.25. The highest BCUT2D eigenvalue weighted by Gasteiger charge is 2.29. The number of aliphatic carboxylic acids is 1. The third kappa shape index (κ3) is 5.05. The van der Waals surface area contributed by atoms with Gasteiger partial charge in [-0.1, -0.05) is 12.1 Å². The molecule has 25 heavy (non-hydrogen) atoms. The Hall–Kier alpha value is -1.38. The smallest absolute Gasteiger partial charge is 0.334 e. The first kappa shape index (κ1) is 18.4. The molecular weight excluding hydrogens is 362 g/mol. The van der Waals surface area contributed by atoms with Crippen LogP contribution < -0.4 is 4.74 Å². The number of morpholine rings is 1. The molecule has 1 unspecified atom stereocenters. The second-order valence-electron chi connectivity index (χ2n) is 5.82. The Morgan fingerprint density at radius 1 is 1.24 bits per heavy atom. The molecule has 2 aliphatic heterocycles. The van der Waals surface area contributed by atoms with Crippen LogP contribution in [-0.2, 0) is 14.3 Å². The zero-order chi connectivity index (χ0) is 17.6. The van der Waals surface area contributed by atoms with Crippen LogP contribution in [0.5, 0.6) is 5.75 Å². The SMILES string of the molecule is O=C(O)C1CN(C(=O)COc2ccc(C3SCCCS3)cc2)CCO1. The number of carboxylic acid groups (broad SMARTS) is 1. The molecule has 1 aromatic carbocycles. The normalized spacial score (nSPS) is 21.8. The molecular formula is C17H21NO5S2. The molecule has 1 aromatic rings. The van der Waals surface area contributed by atoms with Gasteiger partial charge in [-0.3, -0.25) is 4.79 Å². The van der Waals surface area contributed by atoms with Crippen LogP contribution in [0.25, 0.3) is 0 Å². The second kappa shape index (κ2) is 8.82. The van der Waals surface area contributed by atoms with E-state index in [1.807, 2.05) is 47.8 Å². The monoisotopic (exact) mass is 383 g/mol. The average molecular weight is 383 g/mol. The van der Waals surface area contributed by atoms with Crippen molar-refractivity contribution in [3.8, 4) is 5.75 Å². The summed E-state index contributed by atoms with van der Waals surface area (Å²) in [6.45, 7) is 0.584. The van der Waals surface area contributed by atoms with Gasteiger partial charge in [0.05, 0.1) is 17.7 Å². The van der Waals surface area contributed by atoms with Crippen molar-refractivity contribution in [1.82, 2.24) is 4.90 Å². The van der Waals surface area contributed by atoms with E-state index in [-0.39, 0.29) is 25.7 Å². The first-order valence-corrected chi connectivity index (χ1v) is 10.3. The average Bonchev–Trinajstić information content (AvgIpc) is 2.67. The highest BCUT2D eigenvalue weighted by Crippen LogP contribution is 2.43. The highest BCUT2D eigenvalue weighted by atomic mass is 32.2. The number of hydrogen-bond acceptors (Lipinski definition) is 6. The molecule has 1 atom stereocenters. The number of benzene rings is 1. The number of ether oxygens (including phenoxy) is 2. The highest BCUT2D eigenvalue weighted by molar-refractivity contribution is 8.16. The number of carbonyl (C=O) groups is 2. The topological polar surface area (TPSA) is 76.1 Å². The van der Waals surface area contributed by atoms with Gasteiger partial charge in [-0.15, -0.1) is 23.5 Å². The van der Waals surface area contributed by atoms with E-state index in [0.717, 1.165) is 0 Å². The quantitative estimate of drug-likeness (QED) is 0.836. The van der Waals surface area contributed by atoms with E-state index in [2.05, 4.69) is 0 Å². The molecule has 0 saturated carbocycles. The Bertz CT molecular complexity index is 604. The summed E-state index contributed by atoms with van der Waals surface area (Å²) in [5.41, 5.74) is 1.27. The van der Waals surface area contributed by atoms with Crippen molar-refractivity contribution in [2.75, 3.05) is 37.8 Å². The molecule has 0 aromatic heterocycles. The molecule has 6 nitrogen and oxygen atoms in total. The summed E-state index contributed by atoms with van der Waals surface area (Å²) in [5.74, 6) is 1.76. The minimum absolute atomic E-state index is 0.0621. The van der Waals surface area contributed by atoms with E-state index in [4.69, 9.17) is 14.6 Å². The molecule has 2 fully saturated rings. The molecule has 0 aliphatic carbocycles. The second-order valence-corrected chi connectivity index (χ2v) is 8.55. The fourth-order valence-corrected chi connectivity index (χ4v) is 5.56. The Morgan fingerprint density at radius 2 is 1.96 bits per heavy atom. The first-order chi connectivity index (χ1) is 12.1. The van der Waals surface area contributed by atoms with Crippen LogP contribution in [0.15, 0.2) is 24.3 Å². The van der Waals surface area contributed by atoms with E-state index in [0.29, 0.717) is 16.9 Å². The van der Waals surface area contributed by atoms with E-state index >= 15 is 0 Å². The largest absolute Gasteiger partial charge is 0.484 e. The lowest BCUT2D eigenvalue weighted by Crippen LogP contribution is -2.49. The molecule has 3 rings (SSSR count). The zero-order valence-corrected chi connectivity index (χ0v) is 15.4. The van der Waals surface area contributed by atoms with Crippen LogP contribution in [0.1, 0.15) is 16.6 Å². The maximum absolute atomic E-state index is 12.2. The predicted molar refractivity (Wildman–Crippen MR) is 98.2 cm³/mol. The van der Waals surface area contributed by atoms with Gasteiger partial charge in [0.2, 0.25) is 0 Å². The Balaban J connectivity index is 1.49. The molecule has 2 saturated heterocycles. The van der Waals surface area contributed by atoms with Crippen molar-refractivity contribution in [3.63, 3.8) is 0 Å². The van der Waals surface area contributed by atoms with Gasteiger partial charge >= 0.3 is 5.97 Å². The number of hydrogen-bond donors (Lipinski definition) is 1. The maximum Gasteiger partial charge on any atom is 0.334 e. The van der Waals surface area contributed by atoms with E-state index in [9.17, 15) is 9.59 Å². The minimum atomic E-state index is -1.05. The summed E-state index contributed by atoms with van der Waals surface area (Å²) in [6, 6.07) is 7.87. The summed E-state index contributed by atoms with van der Waals surface area (Å²) in [4.78, 5) is 24.6. The number of amides is 1. The summed E-state index contributed by atoms with van der Waals surface area (Å²) in [5, 5.41) is 8.98. The van der Waals surface area contributed by atoms with Crippen LogP contribution in [0.3, 0.4) is 0 Å². The van der Waals surface area contributed by atoms with Crippen LogP contribution in [0.2, 0.25) is 0 Å². The summed E-state index contributed by atoms with van der Waals surface area (Å²) in [7, 11) is 0. The number of carbonyl (C=O) groups excluding carboxylic acids is 1. The molecule has 2 heterocycles. The molecule has 136 valence electrons. The van der Waals surface area contributed by atoms with Gasteiger partial charge in [-0.05, 0) is 35.6 Å². The maximum atomic E-state index is 12.2. The minimum Gasteiger partial charge on any atom is -0.484 e. The lowest BCUT2D eigenvalue weighted by molar-refractivity contribution is -0.159. The molecule has 1 N–H and O–H groups in total. The Labute approximate surface area is 155 Å². The molecule has 0 radical (unpaired) electrons. The summed E-state index contributed by atoms with van der Waals surface area (Å²) >= 11 is 3.93. The number of nitrogens with zero attached hydrogens (tertiary/aromatic N) is 1. The Kier molecular flexibility index (Phi) is 6.50. The lowest BCUT2D eigenvalue weighted by atomic mass is 10.2. The standard InChI is InChI=1S/C17H21NO5S2/c19-15(18-6-7-22-14(10-18)16(20)21)11-23-13-4-2-12(3-5-13)17-24-8-1-9-25-17/h2-5,14,17H,1,6-11H2,(H,20,21). The van der Waals surface area contributed by atoms with Crippen molar-refractivity contribution in [1.29, 1.82) is 0 Å². The molecule has 0 bridgehead atoms. The first-order valence-electron chi connectivity index (χ1n) is 8.21. The van der Waals surface area contributed by atoms with Gasteiger partial charge in [0, 0.05) is 6.54 Å². The zero-order valence-electron chi connectivity index (χ0n) is 13.8. The van der Waals surface area contributed by atoms with Gasteiger partial charge < -0.3 is 19.5 Å². The van der Waals surface area contributed by atoms with Crippen molar-refractivity contribution in [2.24, 2.45) is 0 Å². The third-order valence-corrected chi connectivity index (χ3v) is 7.05. The molecule has 1 amide bonds. The number of rotatable bonds is 5. The number of carboxylic acids is 1. The van der Waals surface area contributed by atoms with Gasteiger partial charge in [0.15, 0.2) is 12.7 Å². The third-order valence-electron chi connectivity index (χ3n) is 4.04. The Morgan fingerprint density at radius 3 is 2.64 bits per heavy atom. The number of thioether (sulfide) groups is 2. The van der Waals surface area contributed by atoms with Crippen molar-refractivity contribution in [3.05, 3.63) is 29.8 Å². The van der Waals surface area contributed by atoms with Gasteiger partial charge in [0.1, 0.15) is 5.75 Å². The molecule has 0 spiro atoms. The van der Waals surface area contributed by atoms with E-state index in [1.54, 1.807) is 0 Å². The van der Waals surface area contributed by atoms with Crippen LogP contribution >= 0.6 is 23.5 Å². The fraction of sp³-hybridized carbons (Fsp3) is 0.529.